The average molecular weight is 381 g/mol. The lowest BCUT2D eigenvalue weighted by atomic mass is 9.91. The van der Waals surface area contributed by atoms with Crippen molar-refractivity contribution in [2.75, 3.05) is 13.1 Å². The predicted molar refractivity (Wildman–Crippen MR) is 91.7 cm³/mol. The Morgan fingerprint density at radius 2 is 1.80 bits per heavy atom. The predicted octanol–water partition coefficient (Wildman–Crippen LogP) is 3.48. The van der Waals surface area contributed by atoms with Crippen LogP contribution in [0.4, 0.5) is 13.2 Å². The molecule has 1 saturated heterocycles. The fourth-order valence-electron chi connectivity index (χ4n) is 2.95. The molecule has 1 aromatic rings. The Morgan fingerprint density at radius 3 is 2.32 bits per heavy atom. The van der Waals surface area contributed by atoms with Crippen LogP contribution < -0.4 is 10.5 Å². The molecule has 2 N–H and O–H groups in total. The SMILES string of the molecule is CC(Oc1ccccc1C(F)(F)F)C(=O)N1CCC(C(C)N)CC1.Cl. The Hall–Kier alpha value is -1.47. The van der Waals surface area contributed by atoms with Crippen LogP contribution in [0.1, 0.15) is 32.3 Å². The first-order chi connectivity index (χ1) is 11.2. The van der Waals surface area contributed by atoms with E-state index in [0.717, 1.165) is 18.9 Å². The Morgan fingerprint density at radius 1 is 1.24 bits per heavy atom. The lowest BCUT2D eigenvalue weighted by Gasteiger charge is -2.35. The molecule has 142 valence electrons. The van der Waals surface area contributed by atoms with Crippen molar-refractivity contribution in [3.05, 3.63) is 29.8 Å². The Labute approximate surface area is 151 Å². The van der Waals surface area contributed by atoms with E-state index in [1.807, 2.05) is 6.92 Å². The number of piperidine rings is 1. The van der Waals surface area contributed by atoms with Crippen molar-refractivity contribution >= 4 is 18.3 Å². The molecule has 0 saturated carbocycles. The molecule has 0 radical (unpaired) electrons. The molecule has 2 atom stereocenters. The Balaban J connectivity index is 0.00000312. The van der Waals surface area contributed by atoms with Crippen LogP contribution >= 0.6 is 12.4 Å². The number of carbonyl (C=O) groups excluding carboxylic acids is 1. The summed E-state index contributed by atoms with van der Waals surface area (Å²) in [6.07, 6.45) is -3.89. The van der Waals surface area contributed by atoms with Gasteiger partial charge in [-0.25, -0.2) is 0 Å². The van der Waals surface area contributed by atoms with E-state index in [2.05, 4.69) is 0 Å². The third-order valence-corrected chi connectivity index (χ3v) is 4.44. The van der Waals surface area contributed by atoms with Crippen LogP contribution in [0.2, 0.25) is 0 Å². The van der Waals surface area contributed by atoms with Crippen LogP contribution in [0, 0.1) is 5.92 Å². The number of alkyl halides is 3. The van der Waals surface area contributed by atoms with Crippen molar-refractivity contribution in [1.29, 1.82) is 0 Å². The van der Waals surface area contributed by atoms with Gasteiger partial charge in [-0.1, -0.05) is 12.1 Å². The summed E-state index contributed by atoms with van der Waals surface area (Å²) < 4.78 is 44.3. The van der Waals surface area contributed by atoms with Gasteiger partial charge in [0.15, 0.2) is 6.10 Å². The molecule has 1 heterocycles. The van der Waals surface area contributed by atoms with Crippen LogP contribution in [0.3, 0.4) is 0 Å². The molecular weight excluding hydrogens is 357 g/mol. The number of ether oxygens (including phenoxy) is 1. The quantitative estimate of drug-likeness (QED) is 0.870. The van der Waals surface area contributed by atoms with E-state index in [9.17, 15) is 18.0 Å². The summed E-state index contributed by atoms with van der Waals surface area (Å²) >= 11 is 0. The van der Waals surface area contributed by atoms with Crippen LogP contribution in [0.5, 0.6) is 5.75 Å². The number of hydrogen-bond acceptors (Lipinski definition) is 3. The number of nitrogens with two attached hydrogens (primary N) is 1. The van der Waals surface area contributed by atoms with E-state index in [1.165, 1.54) is 25.1 Å². The zero-order valence-electron chi connectivity index (χ0n) is 14.3. The largest absolute Gasteiger partial charge is 0.480 e. The monoisotopic (exact) mass is 380 g/mol. The minimum absolute atomic E-state index is 0. The van der Waals surface area contributed by atoms with Gasteiger partial charge in [0, 0.05) is 19.1 Å². The number of benzene rings is 1. The van der Waals surface area contributed by atoms with Crippen molar-refractivity contribution in [3.8, 4) is 5.75 Å². The summed E-state index contributed by atoms with van der Waals surface area (Å²) in [6.45, 7) is 4.54. The normalized spacial score (nSPS) is 18.2. The molecule has 8 heteroatoms. The minimum Gasteiger partial charge on any atom is -0.480 e. The van der Waals surface area contributed by atoms with Crippen molar-refractivity contribution in [3.63, 3.8) is 0 Å². The van der Waals surface area contributed by atoms with Crippen molar-refractivity contribution in [1.82, 2.24) is 4.90 Å². The number of carbonyl (C=O) groups is 1. The first kappa shape index (κ1) is 21.6. The first-order valence-corrected chi connectivity index (χ1v) is 8.07. The van der Waals surface area contributed by atoms with E-state index in [0.29, 0.717) is 19.0 Å². The highest BCUT2D eigenvalue weighted by atomic mass is 35.5. The second-order valence-corrected chi connectivity index (χ2v) is 6.28. The van der Waals surface area contributed by atoms with Crippen molar-refractivity contribution in [2.24, 2.45) is 11.7 Å². The number of rotatable bonds is 4. The third kappa shape index (κ3) is 5.51. The maximum absolute atomic E-state index is 13.0. The molecule has 0 bridgehead atoms. The third-order valence-electron chi connectivity index (χ3n) is 4.44. The maximum Gasteiger partial charge on any atom is 0.419 e. The number of halogens is 4. The topological polar surface area (TPSA) is 55.6 Å². The average Bonchev–Trinajstić information content (AvgIpc) is 2.53. The van der Waals surface area contributed by atoms with Gasteiger partial charge in [0.05, 0.1) is 5.56 Å². The van der Waals surface area contributed by atoms with Gasteiger partial charge in [-0.3, -0.25) is 4.79 Å². The lowest BCUT2D eigenvalue weighted by molar-refractivity contribution is -0.144. The highest BCUT2D eigenvalue weighted by Crippen LogP contribution is 2.36. The number of hydrogen-bond donors (Lipinski definition) is 1. The van der Waals surface area contributed by atoms with Crippen molar-refractivity contribution < 1.29 is 22.7 Å². The standard InChI is InChI=1S/C17H23F3N2O2.ClH/c1-11(21)13-7-9-22(10-8-13)16(23)12(2)24-15-6-4-3-5-14(15)17(18,19)20;/h3-6,11-13H,7-10,21H2,1-2H3;1H. The molecule has 1 amide bonds. The molecule has 0 aromatic heterocycles. The molecule has 1 aliphatic rings. The van der Waals surface area contributed by atoms with E-state index in [4.69, 9.17) is 10.5 Å². The molecule has 25 heavy (non-hydrogen) atoms. The highest BCUT2D eigenvalue weighted by molar-refractivity contribution is 5.85. The summed E-state index contributed by atoms with van der Waals surface area (Å²) in [5.74, 6) is -0.248. The summed E-state index contributed by atoms with van der Waals surface area (Å²) in [6, 6.07) is 5.00. The van der Waals surface area contributed by atoms with Crippen LogP contribution in [0.15, 0.2) is 24.3 Å². The van der Waals surface area contributed by atoms with Gasteiger partial charge in [0.1, 0.15) is 5.75 Å². The van der Waals surface area contributed by atoms with E-state index < -0.39 is 17.8 Å². The van der Waals surface area contributed by atoms with Gasteiger partial charge in [0.2, 0.25) is 0 Å². The zero-order valence-corrected chi connectivity index (χ0v) is 15.1. The number of amides is 1. The van der Waals surface area contributed by atoms with Gasteiger partial charge in [0.25, 0.3) is 5.91 Å². The molecule has 2 unspecified atom stereocenters. The molecule has 1 aromatic carbocycles. The minimum atomic E-state index is -4.52. The van der Waals surface area contributed by atoms with Gasteiger partial charge in [-0.15, -0.1) is 12.4 Å². The summed E-state index contributed by atoms with van der Waals surface area (Å²) in [5, 5.41) is 0. The molecule has 4 nitrogen and oxygen atoms in total. The van der Waals surface area contributed by atoms with E-state index in [-0.39, 0.29) is 30.1 Å². The maximum atomic E-state index is 13.0. The molecular formula is C17H24ClF3N2O2. The molecule has 2 rings (SSSR count). The molecule has 0 aliphatic carbocycles. The van der Waals surface area contributed by atoms with Crippen LogP contribution in [-0.4, -0.2) is 36.0 Å². The van der Waals surface area contributed by atoms with Gasteiger partial charge >= 0.3 is 6.18 Å². The fraction of sp³-hybridized carbons (Fsp3) is 0.588. The second-order valence-electron chi connectivity index (χ2n) is 6.28. The van der Waals surface area contributed by atoms with Crippen molar-refractivity contribution in [2.45, 2.75) is 45.0 Å². The molecule has 0 spiro atoms. The summed E-state index contributed by atoms with van der Waals surface area (Å²) in [5.41, 5.74) is 5.00. The molecule has 1 aliphatic heterocycles. The van der Waals surface area contributed by atoms with Crippen LogP contribution in [0.25, 0.3) is 0 Å². The van der Waals surface area contributed by atoms with Gasteiger partial charge < -0.3 is 15.4 Å². The van der Waals surface area contributed by atoms with E-state index in [1.54, 1.807) is 4.90 Å². The van der Waals surface area contributed by atoms with E-state index >= 15 is 0 Å². The highest BCUT2D eigenvalue weighted by Gasteiger charge is 2.35. The number of nitrogens with zero attached hydrogens (tertiary/aromatic N) is 1. The summed E-state index contributed by atoms with van der Waals surface area (Å²) in [7, 11) is 0. The summed E-state index contributed by atoms with van der Waals surface area (Å²) in [4.78, 5) is 14.1. The first-order valence-electron chi connectivity index (χ1n) is 8.07. The lowest BCUT2D eigenvalue weighted by Crippen LogP contribution is -2.47. The number of para-hydroxylation sites is 1. The Bertz CT molecular complexity index is 573. The van der Waals surface area contributed by atoms with Crippen LogP contribution in [-0.2, 0) is 11.0 Å². The zero-order chi connectivity index (χ0) is 17.9. The number of likely N-dealkylation sites (tertiary alicyclic amines) is 1. The van der Waals surface area contributed by atoms with Gasteiger partial charge in [-0.2, -0.15) is 13.2 Å². The van der Waals surface area contributed by atoms with Gasteiger partial charge in [-0.05, 0) is 44.7 Å². The smallest absolute Gasteiger partial charge is 0.419 e. The second kappa shape index (κ2) is 8.76. The fourth-order valence-corrected chi connectivity index (χ4v) is 2.95. The molecule has 1 fully saturated rings. The Kier molecular flexibility index (Phi) is 7.56.